The van der Waals surface area contributed by atoms with Gasteiger partial charge >= 0.3 is 6.36 Å². The molecule has 0 aliphatic carbocycles. The quantitative estimate of drug-likeness (QED) is 0.515. The SMILES string of the molecule is Cc1ccn(-c2cc(NCCNS(=O)(=O)c3ccccc3OC(F)(F)F)ncn2)n1. The van der Waals surface area contributed by atoms with Gasteiger partial charge in [-0.2, -0.15) is 5.10 Å². The molecule has 0 saturated carbocycles. The molecule has 0 aliphatic heterocycles. The fourth-order valence-electron chi connectivity index (χ4n) is 2.45. The lowest BCUT2D eigenvalue weighted by Gasteiger charge is -2.14. The molecule has 0 radical (unpaired) electrons. The monoisotopic (exact) mass is 442 g/mol. The summed E-state index contributed by atoms with van der Waals surface area (Å²) in [5.74, 6) is 0.132. The second-order valence-electron chi connectivity index (χ2n) is 5.98. The molecule has 0 aliphatic rings. The van der Waals surface area contributed by atoms with Gasteiger partial charge in [0, 0.05) is 25.4 Å². The maximum absolute atomic E-state index is 12.5. The molecule has 13 heteroatoms. The molecular formula is C17H17F3N6O3S. The zero-order chi connectivity index (χ0) is 21.8. The Bertz CT molecular complexity index is 1120. The third-order valence-electron chi connectivity index (χ3n) is 3.70. The van der Waals surface area contributed by atoms with Crippen molar-refractivity contribution in [2.75, 3.05) is 18.4 Å². The van der Waals surface area contributed by atoms with Crippen LogP contribution in [0.2, 0.25) is 0 Å². The molecular weight excluding hydrogens is 425 g/mol. The minimum absolute atomic E-state index is 0.108. The Morgan fingerprint density at radius 1 is 1.13 bits per heavy atom. The number of nitrogens with zero attached hydrogens (tertiary/aromatic N) is 4. The topological polar surface area (TPSA) is 111 Å². The molecule has 0 unspecified atom stereocenters. The Hall–Kier alpha value is -3.19. The molecule has 2 N–H and O–H groups in total. The fraction of sp³-hybridized carbons (Fsp3) is 0.235. The number of nitrogens with one attached hydrogen (secondary N) is 2. The lowest BCUT2D eigenvalue weighted by molar-refractivity contribution is -0.275. The number of hydrogen-bond acceptors (Lipinski definition) is 7. The number of rotatable bonds is 8. The standard InChI is InChI=1S/C17H17F3N6O3S/c1-12-6-9-26(25-12)16-10-15(22-11-23-16)21-7-8-24-30(27,28)14-5-3-2-4-13(14)29-17(18,19)20/h2-6,9-11,24H,7-8H2,1H3,(H,21,22,23). The summed E-state index contributed by atoms with van der Waals surface area (Å²) in [6, 6.07) is 7.93. The first-order valence-corrected chi connectivity index (χ1v) is 10.1. The van der Waals surface area contributed by atoms with Gasteiger partial charge in [-0.05, 0) is 25.1 Å². The van der Waals surface area contributed by atoms with Crippen LogP contribution in [0.5, 0.6) is 5.75 Å². The highest BCUT2D eigenvalue weighted by Crippen LogP contribution is 2.29. The highest BCUT2D eigenvalue weighted by atomic mass is 32.2. The van der Waals surface area contributed by atoms with Gasteiger partial charge in [-0.1, -0.05) is 12.1 Å². The molecule has 30 heavy (non-hydrogen) atoms. The van der Waals surface area contributed by atoms with Crippen LogP contribution in [0.15, 0.2) is 53.8 Å². The molecule has 0 atom stereocenters. The summed E-state index contributed by atoms with van der Waals surface area (Å²) in [5.41, 5.74) is 0.812. The van der Waals surface area contributed by atoms with Gasteiger partial charge in [0.05, 0.1) is 5.69 Å². The van der Waals surface area contributed by atoms with Crippen molar-refractivity contribution in [2.24, 2.45) is 0 Å². The summed E-state index contributed by atoms with van der Waals surface area (Å²) in [6.45, 7) is 1.85. The van der Waals surface area contributed by atoms with Gasteiger partial charge in [0.25, 0.3) is 0 Å². The third kappa shape index (κ3) is 5.67. The zero-order valence-corrected chi connectivity index (χ0v) is 16.4. The number of alkyl halides is 3. The van der Waals surface area contributed by atoms with Crippen molar-refractivity contribution in [3.8, 4) is 11.6 Å². The van der Waals surface area contributed by atoms with Gasteiger partial charge in [0.15, 0.2) is 5.82 Å². The first-order chi connectivity index (χ1) is 14.1. The number of ether oxygens (including phenoxy) is 1. The van der Waals surface area contributed by atoms with Gasteiger partial charge in [0.1, 0.15) is 22.8 Å². The van der Waals surface area contributed by atoms with Crippen LogP contribution in [-0.4, -0.2) is 47.6 Å². The van der Waals surface area contributed by atoms with E-state index in [2.05, 4.69) is 29.8 Å². The molecule has 0 fully saturated rings. The predicted octanol–water partition coefficient (Wildman–Crippen LogP) is 2.26. The molecule has 3 aromatic rings. The molecule has 3 rings (SSSR count). The Labute approximate surface area is 170 Å². The van der Waals surface area contributed by atoms with E-state index in [1.54, 1.807) is 16.9 Å². The van der Waals surface area contributed by atoms with Crippen LogP contribution in [-0.2, 0) is 10.0 Å². The van der Waals surface area contributed by atoms with Crippen molar-refractivity contribution in [3.63, 3.8) is 0 Å². The Kier molecular flexibility index (Phi) is 6.22. The van der Waals surface area contributed by atoms with Crippen molar-refractivity contribution in [1.29, 1.82) is 0 Å². The smallest absolute Gasteiger partial charge is 0.404 e. The normalized spacial score (nSPS) is 12.0. The number of aryl methyl sites for hydroxylation is 1. The molecule has 1 aromatic carbocycles. The van der Waals surface area contributed by atoms with Crippen LogP contribution < -0.4 is 14.8 Å². The van der Waals surface area contributed by atoms with Crippen molar-refractivity contribution in [3.05, 3.63) is 54.6 Å². The minimum atomic E-state index is -5.01. The number of hydrogen-bond donors (Lipinski definition) is 2. The number of anilines is 1. The molecule has 0 amide bonds. The summed E-state index contributed by atoms with van der Waals surface area (Å²) in [6.07, 6.45) is -1.95. The van der Waals surface area contributed by atoms with E-state index in [9.17, 15) is 21.6 Å². The summed E-state index contributed by atoms with van der Waals surface area (Å²) in [5, 5.41) is 7.14. The van der Waals surface area contributed by atoms with Crippen molar-refractivity contribution < 1.29 is 26.3 Å². The van der Waals surface area contributed by atoms with Gasteiger partial charge in [-0.25, -0.2) is 27.8 Å². The van der Waals surface area contributed by atoms with E-state index >= 15 is 0 Å². The molecule has 0 bridgehead atoms. The molecule has 2 heterocycles. The number of benzene rings is 1. The lowest BCUT2D eigenvalue weighted by Crippen LogP contribution is -2.30. The van der Waals surface area contributed by atoms with Crippen LogP contribution in [0.4, 0.5) is 19.0 Å². The average Bonchev–Trinajstić information content (AvgIpc) is 3.11. The van der Waals surface area contributed by atoms with Gasteiger partial charge in [0.2, 0.25) is 10.0 Å². The van der Waals surface area contributed by atoms with Crippen LogP contribution in [0.25, 0.3) is 5.82 Å². The van der Waals surface area contributed by atoms with Crippen molar-refractivity contribution >= 4 is 15.8 Å². The molecule has 9 nitrogen and oxygen atoms in total. The molecule has 0 saturated heterocycles. The first kappa shape index (κ1) is 21.5. The van der Waals surface area contributed by atoms with E-state index in [4.69, 9.17) is 0 Å². The zero-order valence-electron chi connectivity index (χ0n) is 15.6. The average molecular weight is 442 g/mol. The highest BCUT2D eigenvalue weighted by molar-refractivity contribution is 7.89. The summed E-state index contributed by atoms with van der Waals surface area (Å²) in [7, 11) is -4.23. The van der Waals surface area contributed by atoms with Gasteiger partial charge < -0.3 is 10.1 Å². The predicted molar refractivity (Wildman–Crippen MR) is 101 cm³/mol. The van der Waals surface area contributed by atoms with Crippen LogP contribution >= 0.6 is 0 Å². The summed E-state index contributed by atoms with van der Waals surface area (Å²) >= 11 is 0. The Morgan fingerprint density at radius 3 is 2.60 bits per heavy atom. The summed E-state index contributed by atoms with van der Waals surface area (Å²) in [4.78, 5) is 7.52. The second kappa shape index (κ2) is 8.67. The van der Waals surface area contributed by atoms with Gasteiger partial charge in [-0.15, -0.1) is 13.2 Å². The number of sulfonamides is 1. The van der Waals surface area contributed by atoms with Crippen molar-refractivity contribution in [1.82, 2.24) is 24.5 Å². The molecule has 2 aromatic heterocycles. The highest BCUT2D eigenvalue weighted by Gasteiger charge is 2.33. The van der Waals surface area contributed by atoms with E-state index in [-0.39, 0.29) is 13.1 Å². The Morgan fingerprint density at radius 2 is 1.90 bits per heavy atom. The third-order valence-corrected chi connectivity index (χ3v) is 5.20. The van der Waals surface area contributed by atoms with E-state index < -0.39 is 27.0 Å². The first-order valence-electron chi connectivity index (χ1n) is 8.57. The maximum Gasteiger partial charge on any atom is 0.573 e. The lowest BCUT2D eigenvalue weighted by atomic mass is 10.3. The molecule has 0 spiro atoms. The van der Waals surface area contributed by atoms with E-state index in [0.717, 1.165) is 17.8 Å². The van der Waals surface area contributed by atoms with Crippen molar-refractivity contribution in [2.45, 2.75) is 18.2 Å². The van der Waals surface area contributed by atoms with Crippen LogP contribution in [0.1, 0.15) is 5.69 Å². The number of para-hydroxylation sites is 1. The van der Waals surface area contributed by atoms with E-state index in [1.807, 2.05) is 13.0 Å². The summed E-state index contributed by atoms with van der Waals surface area (Å²) < 4.78 is 69.8. The van der Waals surface area contributed by atoms with E-state index in [0.29, 0.717) is 11.6 Å². The van der Waals surface area contributed by atoms with Gasteiger partial charge in [-0.3, -0.25) is 0 Å². The second-order valence-corrected chi connectivity index (χ2v) is 7.72. The largest absolute Gasteiger partial charge is 0.573 e. The van der Waals surface area contributed by atoms with E-state index in [1.165, 1.54) is 18.5 Å². The number of halogens is 3. The Balaban J connectivity index is 1.61. The fourth-order valence-corrected chi connectivity index (χ4v) is 3.61. The van der Waals surface area contributed by atoms with Crippen LogP contribution in [0, 0.1) is 6.92 Å². The van der Waals surface area contributed by atoms with Crippen LogP contribution in [0.3, 0.4) is 0 Å². The number of aromatic nitrogens is 4. The maximum atomic E-state index is 12.5. The molecule has 160 valence electrons. The minimum Gasteiger partial charge on any atom is -0.404 e.